The standard InChI is InChI=1S/C14H15ClN2O2S/c1-11-10-13(7-9-16-11)17-20(18,19)14-4-2-12(3-5-14)6-8-15/h2-5,7,9-10H,6,8H2,1H3,(H,16,17). The molecule has 1 aromatic heterocycles. The maximum Gasteiger partial charge on any atom is 0.261 e. The SMILES string of the molecule is Cc1cc(NS(=O)(=O)c2ccc(CCCl)cc2)ccn1. The lowest BCUT2D eigenvalue weighted by atomic mass is 10.2. The van der Waals surface area contributed by atoms with Crippen LogP contribution in [-0.2, 0) is 16.4 Å². The second-order valence-corrected chi connectivity index (χ2v) is 6.43. The first-order chi connectivity index (χ1) is 9.51. The molecule has 2 aromatic rings. The van der Waals surface area contributed by atoms with E-state index < -0.39 is 10.0 Å². The van der Waals surface area contributed by atoms with E-state index in [1.54, 1.807) is 49.5 Å². The van der Waals surface area contributed by atoms with Crippen LogP contribution in [0, 0.1) is 6.92 Å². The van der Waals surface area contributed by atoms with E-state index in [1.807, 2.05) is 0 Å². The summed E-state index contributed by atoms with van der Waals surface area (Å²) in [5.41, 5.74) is 2.27. The predicted octanol–water partition coefficient (Wildman–Crippen LogP) is 2.97. The van der Waals surface area contributed by atoms with Gasteiger partial charge in [0.1, 0.15) is 0 Å². The number of pyridine rings is 1. The maximum absolute atomic E-state index is 12.2. The van der Waals surface area contributed by atoms with Crippen molar-refractivity contribution in [2.45, 2.75) is 18.2 Å². The zero-order valence-electron chi connectivity index (χ0n) is 11.0. The van der Waals surface area contributed by atoms with Crippen LogP contribution in [0.1, 0.15) is 11.3 Å². The molecule has 0 atom stereocenters. The highest BCUT2D eigenvalue weighted by molar-refractivity contribution is 7.92. The van der Waals surface area contributed by atoms with Crippen LogP contribution in [0.2, 0.25) is 0 Å². The van der Waals surface area contributed by atoms with E-state index in [9.17, 15) is 8.42 Å². The summed E-state index contributed by atoms with van der Waals surface area (Å²) >= 11 is 5.65. The smallest absolute Gasteiger partial charge is 0.261 e. The van der Waals surface area contributed by atoms with E-state index in [0.29, 0.717) is 11.6 Å². The summed E-state index contributed by atoms with van der Waals surface area (Å²) in [6.07, 6.45) is 2.29. The lowest BCUT2D eigenvalue weighted by molar-refractivity contribution is 0.601. The Balaban J connectivity index is 2.21. The Morgan fingerprint density at radius 3 is 2.50 bits per heavy atom. The normalized spacial score (nSPS) is 11.3. The molecule has 20 heavy (non-hydrogen) atoms. The molecule has 0 fully saturated rings. The van der Waals surface area contributed by atoms with E-state index >= 15 is 0 Å². The number of benzene rings is 1. The number of sulfonamides is 1. The largest absolute Gasteiger partial charge is 0.280 e. The van der Waals surface area contributed by atoms with Gasteiger partial charge in [0.2, 0.25) is 0 Å². The van der Waals surface area contributed by atoms with Crippen LogP contribution >= 0.6 is 11.6 Å². The van der Waals surface area contributed by atoms with Gasteiger partial charge in [0, 0.05) is 17.8 Å². The number of aromatic nitrogens is 1. The number of hydrogen-bond donors (Lipinski definition) is 1. The van der Waals surface area contributed by atoms with E-state index in [-0.39, 0.29) is 4.90 Å². The molecule has 0 radical (unpaired) electrons. The molecule has 1 N–H and O–H groups in total. The molecule has 106 valence electrons. The number of hydrogen-bond acceptors (Lipinski definition) is 3. The Hall–Kier alpha value is -1.59. The Labute approximate surface area is 123 Å². The molecule has 0 saturated heterocycles. The van der Waals surface area contributed by atoms with Crippen LogP contribution in [-0.4, -0.2) is 19.3 Å². The van der Waals surface area contributed by atoms with Crippen LogP contribution in [0.25, 0.3) is 0 Å². The molecule has 0 saturated carbocycles. The van der Waals surface area contributed by atoms with E-state index in [1.165, 1.54) is 0 Å². The van der Waals surface area contributed by atoms with Crippen molar-refractivity contribution in [3.05, 3.63) is 53.9 Å². The Kier molecular flexibility index (Phi) is 4.62. The van der Waals surface area contributed by atoms with Gasteiger partial charge in [0.15, 0.2) is 0 Å². The fourth-order valence-corrected chi connectivity index (χ4v) is 3.04. The summed E-state index contributed by atoms with van der Waals surface area (Å²) in [6, 6.07) is 10.0. The van der Waals surface area contributed by atoms with Crippen molar-refractivity contribution in [3.63, 3.8) is 0 Å². The van der Waals surface area contributed by atoms with Crippen molar-refractivity contribution in [2.24, 2.45) is 0 Å². The quantitative estimate of drug-likeness (QED) is 0.864. The van der Waals surface area contributed by atoms with Crippen molar-refractivity contribution < 1.29 is 8.42 Å². The highest BCUT2D eigenvalue weighted by Gasteiger charge is 2.14. The minimum Gasteiger partial charge on any atom is -0.280 e. The minimum absolute atomic E-state index is 0.227. The third kappa shape index (κ3) is 3.71. The highest BCUT2D eigenvalue weighted by atomic mass is 35.5. The van der Waals surface area contributed by atoms with Gasteiger partial charge >= 0.3 is 0 Å². The summed E-state index contributed by atoms with van der Waals surface area (Å²) < 4.78 is 27.0. The molecular formula is C14H15ClN2O2S. The Bertz CT molecular complexity index is 685. The van der Waals surface area contributed by atoms with Crippen LogP contribution in [0.5, 0.6) is 0 Å². The molecule has 2 rings (SSSR count). The van der Waals surface area contributed by atoms with E-state index in [4.69, 9.17) is 11.6 Å². The van der Waals surface area contributed by atoms with Crippen LogP contribution < -0.4 is 4.72 Å². The summed E-state index contributed by atoms with van der Waals surface area (Å²) in [7, 11) is -3.57. The molecule has 6 heteroatoms. The third-order valence-electron chi connectivity index (χ3n) is 2.77. The fraction of sp³-hybridized carbons (Fsp3) is 0.214. The van der Waals surface area contributed by atoms with Crippen LogP contribution in [0.4, 0.5) is 5.69 Å². The van der Waals surface area contributed by atoms with Crippen molar-refractivity contribution in [3.8, 4) is 0 Å². The average Bonchev–Trinajstić information content (AvgIpc) is 2.39. The van der Waals surface area contributed by atoms with Crippen molar-refractivity contribution >= 4 is 27.3 Å². The maximum atomic E-state index is 12.2. The van der Waals surface area contributed by atoms with Crippen molar-refractivity contribution in [1.82, 2.24) is 4.98 Å². The summed E-state index contributed by atoms with van der Waals surface area (Å²) in [5, 5.41) is 0. The Morgan fingerprint density at radius 2 is 1.90 bits per heavy atom. The van der Waals surface area contributed by atoms with Crippen LogP contribution in [0.3, 0.4) is 0 Å². The molecule has 0 unspecified atom stereocenters. The van der Waals surface area contributed by atoms with Gasteiger partial charge in [-0.3, -0.25) is 9.71 Å². The molecule has 0 amide bonds. The lowest BCUT2D eigenvalue weighted by Crippen LogP contribution is -2.13. The van der Waals surface area contributed by atoms with Crippen LogP contribution in [0.15, 0.2) is 47.5 Å². The number of alkyl halides is 1. The van der Waals surface area contributed by atoms with E-state index in [0.717, 1.165) is 17.7 Å². The van der Waals surface area contributed by atoms with Gasteiger partial charge in [0.25, 0.3) is 10.0 Å². The lowest BCUT2D eigenvalue weighted by Gasteiger charge is -2.09. The molecule has 0 aliphatic carbocycles. The minimum atomic E-state index is -3.57. The molecule has 0 aliphatic rings. The molecule has 0 bridgehead atoms. The Morgan fingerprint density at radius 1 is 1.20 bits per heavy atom. The number of nitrogens with one attached hydrogen (secondary N) is 1. The molecule has 1 heterocycles. The number of aryl methyl sites for hydroxylation is 2. The number of anilines is 1. The molecule has 1 aromatic carbocycles. The average molecular weight is 311 g/mol. The second kappa shape index (κ2) is 6.24. The van der Waals surface area contributed by atoms with Crippen molar-refractivity contribution in [1.29, 1.82) is 0 Å². The first-order valence-electron chi connectivity index (χ1n) is 6.11. The fourth-order valence-electron chi connectivity index (χ4n) is 1.77. The monoisotopic (exact) mass is 310 g/mol. The van der Waals surface area contributed by atoms with Gasteiger partial charge in [0.05, 0.1) is 10.6 Å². The molecule has 4 nitrogen and oxygen atoms in total. The first kappa shape index (κ1) is 14.8. The number of rotatable bonds is 5. The predicted molar refractivity (Wildman–Crippen MR) is 80.6 cm³/mol. The summed E-state index contributed by atoms with van der Waals surface area (Å²) in [5.74, 6) is 0.515. The first-order valence-corrected chi connectivity index (χ1v) is 8.13. The second-order valence-electron chi connectivity index (χ2n) is 4.37. The van der Waals surface area contributed by atoms with Gasteiger partial charge in [-0.25, -0.2) is 8.42 Å². The van der Waals surface area contributed by atoms with Gasteiger partial charge in [-0.05, 0) is 43.2 Å². The van der Waals surface area contributed by atoms with E-state index in [2.05, 4.69) is 9.71 Å². The molecule has 0 aliphatic heterocycles. The third-order valence-corrected chi connectivity index (χ3v) is 4.35. The van der Waals surface area contributed by atoms with Gasteiger partial charge < -0.3 is 0 Å². The van der Waals surface area contributed by atoms with Gasteiger partial charge in [-0.2, -0.15) is 0 Å². The zero-order valence-corrected chi connectivity index (χ0v) is 12.6. The van der Waals surface area contributed by atoms with Crippen molar-refractivity contribution in [2.75, 3.05) is 10.6 Å². The molecular weight excluding hydrogens is 296 g/mol. The summed E-state index contributed by atoms with van der Waals surface area (Å²) in [6.45, 7) is 1.80. The molecule has 0 spiro atoms. The number of nitrogens with zero attached hydrogens (tertiary/aromatic N) is 1. The van der Waals surface area contributed by atoms with Gasteiger partial charge in [-0.15, -0.1) is 11.6 Å². The highest BCUT2D eigenvalue weighted by Crippen LogP contribution is 2.17. The number of halogens is 1. The van der Waals surface area contributed by atoms with Gasteiger partial charge in [-0.1, -0.05) is 12.1 Å². The topological polar surface area (TPSA) is 59.1 Å². The summed E-state index contributed by atoms with van der Waals surface area (Å²) in [4.78, 5) is 4.25. The zero-order chi connectivity index (χ0) is 14.6.